The van der Waals surface area contributed by atoms with Crippen LogP contribution in [0.5, 0.6) is 5.75 Å². The molecule has 1 saturated heterocycles. The van der Waals surface area contributed by atoms with E-state index in [0.717, 1.165) is 32.4 Å². The van der Waals surface area contributed by atoms with Crippen molar-refractivity contribution >= 4 is 28.5 Å². The van der Waals surface area contributed by atoms with Gasteiger partial charge in [0.1, 0.15) is 11.4 Å². The molecule has 3 aromatic rings. The zero-order valence-electron chi connectivity index (χ0n) is 19.4. The van der Waals surface area contributed by atoms with E-state index in [9.17, 15) is 9.59 Å². The Bertz CT molecular complexity index is 1120. The number of piperidine rings is 1. The highest BCUT2D eigenvalue weighted by Crippen LogP contribution is 2.36. The first kappa shape index (κ1) is 22.9. The quantitative estimate of drug-likeness (QED) is 0.527. The maximum atomic E-state index is 13.2. The van der Waals surface area contributed by atoms with Crippen molar-refractivity contribution in [2.45, 2.75) is 32.2 Å². The van der Waals surface area contributed by atoms with Crippen molar-refractivity contribution in [3.63, 3.8) is 0 Å². The van der Waals surface area contributed by atoms with E-state index in [-0.39, 0.29) is 17.6 Å². The second-order valence-corrected chi connectivity index (χ2v) is 8.58. The summed E-state index contributed by atoms with van der Waals surface area (Å²) in [7, 11) is 2.88. The minimum absolute atomic E-state index is 0.159. The fourth-order valence-electron chi connectivity index (χ4n) is 4.65. The van der Waals surface area contributed by atoms with Crippen LogP contribution < -0.4 is 10.1 Å². The van der Waals surface area contributed by atoms with Crippen molar-refractivity contribution < 1.29 is 19.1 Å². The van der Waals surface area contributed by atoms with Crippen molar-refractivity contribution in [3.05, 3.63) is 59.8 Å². The van der Waals surface area contributed by atoms with Crippen molar-refractivity contribution in [3.8, 4) is 5.75 Å². The van der Waals surface area contributed by atoms with Gasteiger partial charge in [0, 0.05) is 0 Å². The number of hydrogen-bond donors (Lipinski definition) is 2. The summed E-state index contributed by atoms with van der Waals surface area (Å²) in [6.07, 6.45) is 3.19. The Morgan fingerprint density at radius 1 is 1.09 bits per heavy atom. The lowest BCUT2D eigenvalue weighted by atomic mass is 9.89. The topological polar surface area (TPSA) is 83.7 Å². The second kappa shape index (κ2) is 10.1. The molecule has 0 spiro atoms. The average Bonchev–Trinajstić information content (AvgIpc) is 3.22. The molecule has 2 heterocycles. The van der Waals surface area contributed by atoms with Crippen LogP contribution in [-0.2, 0) is 16.0 Å². The van der Waals surface area contributed by atoms with Gasteiger partial charge in [0.05, 0.1) is 36.9 Å². The van der Waals surface area contributed by atoms with E-state index in [1.807, 2.05) is 25.1 Å². The molecule has 1 aliphatic rings. The zero-order chi connectivity index (χ0) is 23.4. The van der Waals surface area contributed by atoms with Crippen LogP contribution in [0.1, 0.15) is 35.8 Å². The molecule has 1 fully saturated rings. The Morgan fingerprint density at radius 2 is 1.82 bits per heavy atom. The molecule has 2 N–H and O–H groups in total. The van der Waals surface area contributed by atoms with Gasteiger partial charge in [-0.3, -0.25) is 9.69 Å². The molecular weight excluding hydrogens is 418 g/mol. The van der Waals surface area contributed by atoms with Crippen LogP contribution in [-0.4, -0.2) is 55.1 Å². The predicted octanol–water partition coefficient (Wildman–Crippen LogP) is 4.24. The number of hydrogen-bond acceptors (Lipinski definition) is 5. The van der Waals surface area contributed by atoms with Crippen LogP contribution in [0.4, 0.5) is 5.69 Å². The molecule has 33 heavy (non-hydrogen) atoms. The van der Waals surface area contributed by atoms with Crippen LogP contribution in [0.3, 0.4) is 0 Å². The van der Waals surface area contributed by atoms with E-state index >= 15 is 0 Å². The third-order valence-electron chi connectivity index (χ3n) is 6.59. The summed E-state index contributed by atoms with van der Waals surface area (Å²) < 4.78 is 10.4. The lowest BCUT2D eigenvalue weighted by Crippen LogP contribution is -2.46. The number of amides is 1. The highest BCUT2D eigenvalue weighted by molar-refractivity contribution is 6.13. The number of H-pyrrole nitrogens is 1. The molecule has 0 radical (unpaired) electrons. The van der Waals surface area contributed by atoms with E-state index in [0.29, 0.717) is 28.3 Å². The van der Waals surface area contributed by atoms with Crippen LogP contribution in [0.2, 0.25) is 0 Å². The average molecular weight is 450 g/mol. The number of aromatic nitrogens is 1. The Labute approximate surface area is 194 Å². The van der Waals surface area contributed by atoms with Gasteiger partial charge in [-0.2, -0.15) is 0 Å². The first-order chi connectivity index (χ1) is 16.0. The van der Waals surface area contributed by atoms with Crippen LogP contribution in [0, 0.1) is 5.92 Å². The monoisotopic (exact) mass is 449 g/mol. The SMILES string of the molecule is COC(=O)c1[nH]c2cccc(OC)c2c1NC(=O)[C@@H](C)N1CCC(Cc2ccccc2)CC1. The first-order valence-electron chi connectivity index (χ1n) is 11.4. The summed E-state index contributed by atoms with van der Waals surface area (Å²) in [5, 5.41) is 3.63. The van der Waals surface area contributed by atoms with Gasteiger partial charge in [-0.25, -0.2) is 4.79 Å². The highest BCUT2D eigenvalue weighted by atomic mass is 16.5. The van der Waals surface area contributed by atoms with Crippen molar-refractivity contribution in [1.29, 1.82) is 0 Å². The van der Waals surface area contributed by atoms with Gasteiger partial charge >= 0.3 is 5.97 Å². The Balaban J connectivity index is 1.46. The van der Waals surface area contributed by atoms with Crippen LogP contribution in [0.15, 0.2) is 48.5 Å². The molecule has 1 amide bonds. The van der Waals surface area contributed by atoms with Gasteiger partial charge in [0.25, 0.3) is 0 Å². The van der Waals surface area contributed by atoms with Crippen LogP contribution in [0.25, 0.3) is 10.9 Å². The Morgan fingerprint density at radius 3 is 2.48 bits per heavy atom. The van der Waals surface area contributed by atoms with Gasteiger partial charge in [0.15, 0.2) is 0 Å². The summed E-state index contributed by atoms with van der Waals surface area (Å²) in [4.78, 5) is 30.9. The van der Waals surface area contributed by atoms with E-state index in [4.69, 9.17) is 9.47 Å². The number of anilines is 1. The van der Waals surface area contributed by atoms with E-state index in [2.05, 4.69) is 39.5 Å². The molecule has 0 unspecified atom stereocenters. The lowest BCUT2D eigenvalue weighted by Gasteiger charge is -2.35. The molecule has 7 nitrogen and oxygen atoms in total. The first-order valence-corrected chi connectivity index (χ1v) is 11.4. The van der Waals surface area contributed by atoms with Crippen molar-refractivity contribution in [2.24, 2.45) is 5.92 Å². The smallest absolute Gasteiger partial charge is 0.356 e. The summed E-state index contributed by atoms with van der Waals surface area (Å²) in [5.41, 5.74) is 2.66. The third kappa shape index (κ3) is 4.88. The molecule has 4 rings (SSSR count). The molecule has 1 aliphatic heterocycles. The van der Waals surface area contributed by atoms with Crippen molar-refractivity contribution in [2.75, 3.05) is 32.6 Å². The molecule has 174 valence electrons. The van der Waals surface area contributed by atoms with E-state index < -0.39 is 5.97 Å². The second-order valence-electron chi connectivity index (χ2n) is 8.58. The molecule has 2 aromatic carbocycles. The number of nitrogens with zero attached hydrogens (tertiary/aromatic N) is 1. The normalized spacial score (nSPS) is 15.8. The molecule has 7 heteroatoms. The predicted molar refractivity (Wildman–Crippen MR) is 129 cm³/mol. The van der Waals surface area contributed by atoms with Gasteiger partial charge < -0.3 is 19.8 Å². The maximum Gasteiger partial charge on any atom is 0.356 e. The number of carbonyl (C=O) groups excluding carboxylic acids is 2. The lowest BCUT2D eigenvalue weighted by molar-refractivity contribution is -0.121. The highest BCUT2D eigenvalue weighted by Gasteiger charge is 2.29. The number of aromatic amines is 1. The molecule has 1 aromatic heterocycles. The maximum absolute atomic E-state index is 13.2. The summed E-state index contributed by atoms with van der Waals surface area (Å²) >= 11 is 0. The fourth-order valence-corrected chi connectivity index (χ4v) is 4.65. The molecule has 0 saturated carbocycles. The number of esters is 1. The summed E-state index contributed by atoms with van der Waals surface area (Å²) in [6, 6.07) is 15.7. The summed E-state index contributed by atoms with van der Waals surface area (Å²) in [5.74, 6) is 0.498. The number of rotatable bonds is 7. The zero-order valence-corrected chi connectivity index (χ0v) is 19.4. The minimum Gasteiger partial charge on any atom is -0.496 e. The number of fused-ring (bicyclic) bond motifs is 1. The number of carbonyl (C=O) groups is 2. The number of methoxy groups -OCH3 is 2. The van der Waals surface area contributed by atoms with Gasteiger partial charge in [0.2, 0.25) is 5.91 Å². The van der Waals surface area contributed by atoms with Crippen LogP contribution >= 0.6 is 0 Å². The van der Waals surface area contributed by atoms with Gasteiger partial charge in [-0.05, 0) is 62.9 Å². The largest absolute Gasteiger partial charge is 0.496 e. The standard InChI is InChI=1S/C26H31N3O4/c1-17(29-14-12-19(13-15-29)16-18-8-5-4-6-9-18)25(30)28-23-22-20(10-7-11-21(22)32-2)27-24(23)26(31)33-3/h4-11,17,19,27H,12-16H2,1-3H3,(H,28,30)/t17-/m1/s1. The molecule has 0 bridgehead atoms. The Kier molecular flexibility index (Phi) is 6.99. The van der Waals surface area contributed by atoms with Gasteiger partial charge in [-0.1, -0.05) is 36.4 Å². The number of likely N-dealkylation sites (tertiary alicyclic amines) is 1. The Hall–Kier alpha value is -3.32. The third-order valence-corrected chi connectivity index (χ3v) is 6.59. The molecule has 0 aliphatic carbocycles. The molecular formula is C26H31N3O4. The number of benzene rings is 2. The molecule has 1 atom stereocenters. The van der Waals surface area contributed by atoms with Gasteiger partial charge in [-0.15, -0.1) is 0 Å². The van der Waals surface area contributed by atoms with E-state index in [1.54, 1.807) is 13.2 Å². The number of ether oxygens (including phenoxy) is 2. The van der Waals surface area contributed by atoms with Crippen molar-refractivity contribution in [1.82, 2.24) is 9.88 Å². The minimum atomic E-state index is -0.544. The number of nitrogens with one attached hydrogen (secondary N) is 2. The fraction of sp³-hybridized carbons (Fsp3) is 0.385. The van der Waals surface area contributed by atoms with E-state index in [1.165, 1.54) is 12.7 Å². The summed E-state index contributed by atoms with van der Waals surface area (Å²) in [6.45, 7) is 3.65.